The molecule has 9 nitrogen and oxygen atoms in total. The number of hydrogen-bond acceptors (Lipinski definition) is 9. The number of benzene rings is 3. The summed E-state index contributed by atoms with van der Waals surface area (Å²) >= 11 is 0. The van der Waals surface area contributed by atoms with E-state index >= 15 is 0 Å². The largest absolute Gasteiger partial charge is 0.466 e. The maximum atomic E-state index is 10.4. The van der Waals surface area contributed by atoms with Gasteiger partial charge in [0.1, 0.15) is 13.2 Å². The van der Waals surface area contributed by atoms with Crippen LogP contribution in [0.1, 0.15) is 173 Å². The van der Waals surface area contributed by atoms with Gasteiger partial charge in [-0.3, -0.25) is 19.2 Å². The van der Waals surface area contributed by atoms with Crippen molar-refractivity contribution in [3.63, 3.8) is 0 Å². The van der Waals surface area contributed by atoms with Crippen LogP contribution in [-0.4, -0.2) is 65.0 Å². The fourth-order valence-electron chi connectivity index (χ4n) is 4.74. The number of aliphatic hydroxyl groups is 1. The lowest BCUT2D eigenvalue weighted by Crippen LogP contribution is -2.22. The normalized spacial score (nSPS) is 9.40. The zero-order chi connectivity index (χ0) is 61.7. The molecule has 3 aromatic carbocycles. The zero-order valence-corrected chi connectivity index (χ0v) is 56.3. The van der Waals surface area contributed by atoms with Crippen molar-refractivity contribution in [2.24, 2.45) is 17.8 Å². The Morgan fingerprint density at radius 3 is 1.10 bits per heavy atom. The Morgan fingerprint density at radius 1 is 0.519 bits per heavy atom. The molecule has 0 aromatic heterocycles. The van der Waals surface area contributed by atoms with Crippen molar-refractivity contribution in [1.82, 2.24) is 0 Å². The van der Waals surface area contributed by atoms with Crippen LogP contribution in [0.15, 0.2) is 110 Å². The predicted octanol–water partition coefficient (Wildman–Crippen LogP) is 19.0. The van der Waals surface area contributed by atoms with E-state index in [0.717, 1.165) is 48.3 Å². The summed E-state index contributed by atoms with van der Waals surface area (Å²) in [6.07, 6.45) is 10.6. The molecule has 11 heteroatoms. The van der Waals surface area contributed by atoms with E-state index in [4.69, 9.17) is 14.6 Å². The monoisotopic (exact) mass is 1110 g/mol. The number of aliphatic hydroxyl groups excluding tert-OH is 1. The summed E-state index contributed by atoms with van der Waals surface area (Å²) in [6.45, 7) is 58.5. The predicted molar refractivity (Wildman–Crippen MR) is 343 cm³/mol. The third kappa shape index (κ3) is 104. The van der Waals surface area contributed by atoms with Crippen LogP contribution in [0.25, 0.3) is 0 Å². The topological polar surface area (TPSA) is 125 Å². The SMILES string of the molecule is C=CCCC.C=CCOC(C)=O.CC.CC(=O)OCC(C)C.CC(=O)OCC[Si](C)(C)C.CC(=O)OCc1ccccc1.CC(C)C[Si](C)(C)C.CCC.CCC(C)C.CCc1ccc(CO)cc1.CCc1ccccc1. The van der Waals surface area contributed by atoms with Crippen molar-refractivity contribution >= 4 is 40.0 Å². The summed E-state index contributed by atoms with van der Waals surface area (Å²) in [4.78, 5) is 40.8. The van der Waals surface area contributed by atoms with Gasteiger partial charge in [-0.25, -0.2) is 0 Å². The Bertz CT molecular complexity index is 1670. The first-order valence-corrected chi connectivity index (χ1v) is 35.8. The first-order chi connectivity index (χ1) is 35.9. The fraction of sp³-hybridized carbons (Fsp3) is 0.606. The van der Waals surface area contributed by atoms with Crippen molar-refractivity contribution in [3.05, 3.63) is 132 Å². The summed E-state index contributed by atoms with van der Waals surface area (Å²) in [5, 5.41) is 8.70. The molecule has 77 heavy (non-hydrogen) atoms. The number of unbranched alkanes of at least 4 members (excludes halogenated alkanes) is 1. The van der Waals surface area contributed by atoms with Gasteiger partial charge in [0.2, 0.25) is 0 Å². The van der Waals surface area contributed by atoms with Gasteiger partial charge in [0, 0.05) is 43.8 Å². The molecule has 0 heterocycles. The van der Waals surface area contributed by atoms with Crippen LogP contribution in [0, 0.1) is 17.8 Å². The highest BCUT2D eigenvalue weighted by Crippen LogP contribution is 2.15. The molecule has 0 saturated carbocycles. The molecule has 0 atom stereocenters. The highest BCUT2D eigenvalue weighted by Gasteiger charge is 2.14. The molecule has 0 bridgehead atoms. The Balaban J connectivity index is -0.000000116. The minimum Gasteiger partial charge on any atom is -0.466 e. The summed E-state index contributed by atoms with van der Waals surface area (Å²) < 4.78 is 18.7. The van der Waals surface area contributed by atoms with Gasteiger partial charge >= 0.3 is 23.9 Å². The van der Waals surface area contributed by atoms with Crippen LogP contribution in [0.2, 0.25) is 51.4 Å². The number of carbonyl (C=O) groups excluding carboxylic acids is 4. The third-order valence-electron chi connectivity index (χ3n) is 8.66. The molecular formula is C66H122O9Si2. The molecule has 0 radical (unpaired) electrons. The molecule has 0 fully saturated rings. The lowest BCUT2D eigenvalue weighted by Gasteiger charge is -2.17. The number of esters is 4. The second kappa shape index (κ2) is 65.7. The summed E-state index contributed by atoms with van der Waals surface area (Å²) in [7, 11) is -1.72. The minimum atomic E-state index is -1.00. The Kier molecular flexibility index (Phi) is 75.9. The molecule has 0 saturated heterocycles. The first-order valence-electron chi connectivity index (χ1n) is 28.4. The maximum absolute atomic E-state index is 10.4. The van der Waals surface area contributed by atoms with E-state index in [1.165, 1.54) is 70.2 Å². The van der Waals surface area contributed by atoms with Gasteiger partial charge in [-0.15, -0.1) is 6.58 Å². The number of ether oxygens (including phenoxy) is 4. The van der Waals surface area contributed by atoms with Crippen molar-refractivity contribution in [3.8, 4) is 0 Å². The Labute approximate surface area is 478 Å². The van der Waals surface area contributed by atoms with Crippen molar-refractivity contribution in [1.29, 1.82) is 0 Å². The first kappa shape index (κ1) is 89.0. The van der Waals surface area contributed by atoms with E-state index < -0.39 is 16.1 Å². The Hall–Kier alpha value is -4.59. The highest BCUT2D eigenvalue weighted by molar-refractivity contribution is 6.76. The van der Waals surface area contributed by atoms with Gasteiger partial charge in [0.15, 0.2) is 0 Å². The lowest BCUT2D eigenvalue weighted by molar-refractivity contribution is -0.143. The van der Waals surface area contributed by atoms with Gasteiger partial charge in [-0.2, -0.15) is 0 Å². The molecule has 0 amide bonds. The third-order valence-corrected chi connectivity index (χ3v) is 12.4. The van der Waals surface area contributed by atoms with Gasteiger partial charge in [-0.05, 0) is 65.3 Å². The molecular weight excluding hydrogens is 993 g/mol. The van der Waals surface area contributed by atoms with Crippen molar-refractivity contribution < 1.29 is 43.2 Å². The van der Waals surface area contributed by atoms with Gasteiger partial charge in [-0.1, -0.05) is 265 Å². The number of aryl methyl sites for hydroxylation is 2. The number of rotatable bonds is 17. The number of hydrogen-bond donors (Lipinski definition) is 1. The average Bonchev–Trinajstić information content (AvgIpc) is 3.36. The zero-order valence-electron chi connectivity index (χ0n) is 54.3. The van der Waals surface area contributed by atoms with E-state index in [2.05, 4.69) is 155 Å². The van der Waals surface area contributed by atoms with E-state index in [1.807, 2.05) is 94.4 Å². The smallest absolute Gasteiger partial charge is 0.302 e. The standard InChI is InChI=1S/C9H10O2.C9H12O.C8H10.C7H16O2Si.C7H18Si.C6H12O2.C5H8O2.C5H12.C5H10.C3H8.C2H6/c1-8(10)11-7-9-5-3-2-4-6-9;1-2-8-3-5-9(7-10)6-4-8;1-2-8-6-4-3-5-7-8;1-7(8)9-5-6-10(2,3)4;1-7(2)6-8(3,4)5;1-5(2)4-8-6(3)7;1-3-4-7-5(2)6;1-4-5(2)3;1-3-5-4-2;1-3-2;1-2/h2-6H,7H2,1H3;3-6,10H,2,7H2,1H3;3-7H,2H2,1H3;5-6H2,1-4H3;7H,6H2,1-5H3;5H,4H2,1-3H3;3H,1,4H2,2H3;5H,4H2,1-3H3;3H,1,4-5H2,2H3;3H2,1-2H3;1-2H3. The summed E-state index contributed by atoms with van der Waals surface area (Å²) in [5.41, 5.74) is 4.73. The van der Waals surface area contributed by atoms with Gasteiger partial charge in [0.05, 0.1) is 19.8 Å². The van der Waals surface area contributed by atoms with E-state index in [0.29, 0.717) is 32.3 Å². The van der Waals surface area contributed by atoms with E-state index in [1.54, 1.807) is 0 Å². The summed E-state index contributed by atoms with van der Waals surface area (Å²) in [6, 6.07) is 30.6. The molecule has 0 aliphatic rings. The second-order valence-electron chi connectivity index (χ2n) is 21.1. The van der Waals surface area contributed by atoms with Crippen molar-refractivity contribution in [2.75, 3.05) is 19.8 Å². The van der Waals surface area contributed by atoms with Crippen LogP contribution >= 0.6 is 0 Å². The molecule has 0 unspecified atom stereocenters. The quantitative estimate of drug-likeness (QED) is 0.0609. The van der Waals surface area contributed by atoms with Crippen LogP contribution in [-0.2, 0) is 64.2 Å². The summed E-state index contributed by atoms with van der Waals surface area (Å²) in [5.74, 6) is 1.36. The van der Waals surface area contributed by atoms with Crippen molar-refractivity contribution in [2.45, 2.75) is 228 Å². The molecule has 448 valence electrons. The van der Waals surface area contributed by atoms with Gasteiger partial charge < -0.3 is 24.1 Å². The molecule has 0 spiro atoms. The maximum Gasteiger partial charge on any atom is 0.302 e. The highest BCUT2D eigenvalue weighted by atomic mass is 28.3. The molecule has 1 N–H and O–H groups in total. The van der Waals surface area contributed by atoms with Crippen LogP contribution in [0.3, 0.4) is 0 Å². The van der Waals surface area contributed by atoms with Crippen LogP contribution in [0.4, 0.5) is 0 Å². The molecule has 0 aliphatic carbocycles. The second-order valence-corrected chi connectivity index (χ2v) is 32.3. The lowest BCUT2D eigenvalue weighted by atomic mass is 10.1. The van der Waals surface area contributed by atoms with Crippen LogP contribution < -0.4 is 0 Å². The molecule has 3 aromatic rings. The number of carbonyl (C=O) groups is 4. The number of allylic oxidation sites excluding steroid dienone is 1. The van der Waals surface area contributed by atoms with E-state index in [-0.39, 0.29) is 30.5 Å². The van der Waals surface area contributed by atoms with Gasteiger partial charge in [0.25, 0.3) is 0 Å². The molecule has 0 aliphatic heterocycles. The fourth-order valence-corrected chi connectivity index (χ4v) is 7.91. The Morgan fingerprint density at radius 2 is 0.896 bits per heavy atom. The van der Waals surface area contributed by atoms with E-state index in [9.17, 15) is 19.2 Å². The van der Waals surface area contributed by atoms with Crippen LogP contribution in [0.5, 0.6) is 0 Å². The molecule has 3 rings (SSSR count). The minimum absolute atomic E-state index is 0.143. The average molecular weight is 1120 g/mol.